The Morgan fingerprint density at radius 3 is 2.57 bits per heavy atom. The van der Waals surface area contributed by atoms with Crippen molar-refractivity contribution >= 4 is 17.5 Å². The van der Waals surface area contributed by atoms with E-state index in [0.29, 0.717) is 16.3 Å². The van der Waals surface area contributed by atoms with Gasteiger partial charge in [0.05, 0.1) is 13.2 Å². The fourth-order valence-corrected chi connectivity index (χ4v) is 2.06. The predicted molar refractivity (Wildman–Crippen MR) is 77.0 cm³/mol. The van der Waals surface area contributed by atoms with E-state index in [1.807, 2.05) is 0 Å². The Bertz CT molecular complexity index is 609. The number of aliphatic hydroxyl groups excluding tert-OH is 2. The molecular weight excluding hydrogens is 296 g/mol. The number of aliphatic hydroxyl groups is 2. The number of amides is 1. The van der Waals surface area contributed by atoms with Crippen LogP contribution in [0.5, 0.6) is 0 Å². The average molecular weight is 311 g/mol. The third kappa shape index (κ3) is 3.81. The second-order valence-corrected chi connectivity index (χ2v) is 4.76. The van der Waals surface area contributed by atoms with E-state index in [1.54, 1.807) is 24.3 Å². The number of carbonyl (C=O) groups excluding carboxylic acids is 1. The van der Waals surface area contributed by atoms with Crippen LogP contribution in [0, 0.1) is 0 Å². The first kappa shape index (κ1) is 15.5. The molecule has 0 saturated carbocycles. The van der Waals surface area contributed by atoms with Crippen molar-refractivity contribution in [3.05, 3.63) is 41.0 Å². The minimum absolute atomic E-state index is 0.117. The van der Waals surface area contributed by atoms with Crippen molar-refractivity contribution < 1.29 is 19.5 Å². The number of hydrogen-bond donors (Lipinski definition) is 2. The van der Waals surface area contributed by atoms with Crippen molar-refractivity contribution in [3.63, 3.8) is 0 Å². The van der Waals surface area contributed by atoms with Gasteiger partial charge in [0.2, 0.25) is 0 Å². The molecule has 2 aromatic rings. The topological polar surface area (TPSA) is 86.8 Å². The standard InChI is InChI=1S/C14H15ClN2O4/c15-11-3-1-2-10(8-11)13-9-12(16-21-13)14(20)17(4-6-18)5-7-19/h1-3,8-9,18-19H,4-7H2. The van der Waals surface area contributed by atoms with Gasteiger partial charge in [-0.1, -0.05) is 28.9 Å². The quantitative estimate of drug-likeness (QED) is 0.842. The van der Waals surface area contributed by atoms with E-state index in [1.165, 1.54) is 11.0 Å². The maximum absolute atomic E-state index is 12.2. The van der Waals surface area contributed by atoms with Crippen molar-refractivity contribution in [3.8, 4) is 11.3 Å². The van der Waals surface area contributed by atoms with Crippen molar-refractivity contribution in [1.82, 2.24) is 10.1 Å². The third-order valence-electron chi connectivity index (χ3n) is 2.87. The minimum atomic E-state index is -0.407. The van der Waals surface area contributed by atoms with Gasteiger partial charge in [-0.15, -0.1) is 0 Å². The molecule has 1 amide bonds. The van der Waals surface area contributed by atoms with Crippen LogP contribution in [-0.2, 0) is 0 Å². The second kappa shape index (κ2) is 7.21. The van der Waals surface area contributed by atoms with E-state index in [2.05, 4.69) is 5.16 Å². The zero-order valence-corrected chi connectivity index (χ0v) is 12.0. The summed E-state index contributed by atoms with van der Waals surface area (Å²) in [6.07, 6.45) is 0. The predicted octanol–water partition coefficient (Wildman–Crippen LogP) is 1.42. The third-order valence-corrected chi connectivity index (χ3v) is 3.10. The number of halogens is 1. The van der Waals surface area contributed by atoms with E-state index in [9.17, 15) is 4.79 Å². The van der Waals surface area contributed by atoms with Crippen molar-refractivity contribution in [1.29, 1.82) is 0 Å². The highest BCUT2D eigenvalue weighted by atomic mass is 35.5. The van der Waals surface area contributed by atoms with Gasteiger partial charge in [-0.3, -0.25) is 4.79 Å². The van der Waals surface area contributed by atoms with Crippen LogP contribution in [0.15, 0.2) is 34.9 Å². The van der Waals surface area contributed by atoms with Crippen LogP contribution in [0.25, 0.3) is 11.3 Å². The molecule has 2 N–H and O–H groups in total. The van der Waals surface area contributed by atoms with Crippen LogP contribution in [0.4, 0.5) is 0 Å². The largest absolute Gasteiger partial charge is 0.395 e. The molecule has 1 heterocycles. The highest BCUT2D eigenvalue weighted by Gasteiger charge is 2.19. The number of carbonyl (C=O) groups is 1. The molecule has 21 heavy (non-hydrogen) atoms. The van der Waals surface area contributed by atoms with Gasteiger partial charge in [-0.2, -0.15) is 0 Å². The van der Waals surface area contributed by atoms with E-state index >= 15 is 0 Å². The Balaban J connectivity index is 2.20. The first-order chi connectivity index (χ1) is 10.2. The monoisotopic (exact) mass is 310 g/mol. The Morgan fingerprint density at radius 2 is 1.95 bits per heavy atom. The lowest BCUT2D eigenvalue weighted by Crippen LogP contribution is -2.36. The number of hydrogen-bond acceptors (Lipinski definition) is 5. The highest BCUT2D eigenvalue weighted by Crippen LogP contribution is 2.23. The maximum atomic E-state index is 12.2. The molecule has 7 heteroatoms. The molecular formula is C14H15ClN2O4. The Morgan fingerprint density at radius 1 is 1.24 bits per heavy atom. The Hall–Kier alpha value is -1.89. The van der Waals surface area contributed by atoms with Crippen LogP contribution < -0.4 is 0 Å². The Labute approximate surface area is 126 Å². The summed E-state index contributed by atoms with van der Waals surface area (Å²) >= 11 is 5.90. The fourth-order valence-electron chi connectivity index (χ4n) is 1.87. The lowest BCUT2D eigenvalue weighted by molar-refractivity contribution is 0.0674. The minimum Gasteiger partial charge on any atom is -0.395 e. The summed E-state index contributed by atoms with van der Waals surface area (Å²) in [5.74, 6) is 0.0175. The lowest BCUT2D eigenvalue weighted by atomic mass is 10.1. The van der Waals surface area contributed by atoms with Gasteiger partial charge in [0.1, 0.15) is 0 Å². The highest BCUT2D eigenvalue weighted by molar-refractivity contribution is 6.30. The van der Waals surface area contributed by atoms with Gasteiger partial charge in [0, 0.05) is 29.7 Å². The van der Waals surface area contributed by atoms with Gasteiger partial charge in [0.25, 0.3) is 5.91 Å². The normalized spacial score (nSPS) is 10.6. The van der Waals surface area contributed by atoms with Crippen LogP contribution in [0.2, 0.25) is 5.02 Å². The molecule has 2 rings (SSSR count). The summed E-state index contributed by atoms with van der Waals surface area (Å²) in [5.41, 5.74) is 0.830. The molecule has 0 aliphatic carbocycles. The molecule has 0 aliphatic rings. The molecule has 0 fully saturated rings. The lowest BCUT2D eigenvalue weighted by Gasteiger charge is -2.18. The first-order valence-corrected chi connectivity index (χ1v) is 6.77. The number of aromatic nitrogens is 1. The summed E-state index contributed by atoms with van der Waals surface area (Å²) in [6.45, 7) is -0.132. The van der Waals surface area contributed by atoms with Crippen LogP contribution in [0.3, 0.4) is 0 Å². The van der Waals surface area contributed by atoms with Crippen LogP contribution in [-0.4, -0.2) is 52.5 Å². The molecule has 0 saturated heterocycles. The first-order valence-electron chi connectivity index (χ1n) is 6.39. The van der Waals surface area contributed by atoms with Gasteiger partial charge < -0.3 is 19.6 Å². The number of rotatable bonds is 6. The average Bonchev–Trinajstić information content (AvgIpc) is 2.96. The van der Waals surface area contributed by atoms with E-state index < -0.39 is 5.91 Å². The molecule has 0 aliphatic heterocycles. The van der Waals surface area contributed by atoms with Crippen molar-refractivity contribution in [2.45, 2.75) is 0 Å². The summed E-state index contributed by atoms with van der Waals surface area (Å²) in [4.78, 5) is 13.5. The zero-order chi connectivity index (χ0) is 15.2. The molecule has 6 nitrogen and oxygen atoms in total. The molecule has 0 atom stereocenters. The molecule has 1 aromatic carbocycles. The Kier molecular flexibility index (Phi) is 5.32. The summed E-state index contributed by atoms with van der Waals surface area (Å²) < 4.78 is 5.15. The molecule has 0 spiro atoms. The molecule has 0 unspecified atom stereocenters. The van der Waals surface area contributed by atoms with Gasteiger partial charge in [0.15, 0.2) is 11.5 Å². The van der Waals surface area contributed by atoms with Crippen LogP contribution in [0.1, 0.15) is 10.5 Å². The SMILES string of the molecule is O=C(c1cc(-c2cccc(Cl)c2)on1)N(CCO)CCO. The van der Waals surface area contributed by atoms with E-state index in [4.69, 9.17) is 26.3 Å². The summed E-state index contributed by atoms with van der Waals surface area (Å²) in [7, 11) is 0. The fraction of sp³-hybridized carbons (Fsp3) is 0.286. The summed E-state index contributed by atoms with van der Waals surface area (Å²) in [5, 5.41) is 22.2. The number of benzene rings is 1. The van der Waals surface area contributed by atoms with Gasteiger partial charge in [-0.05, 0) is 12.1 Å². The smallest absolute Gasteiger partial charge is 0.276 e. The van der Waals surface area contributed by atoms with Crippen molar-refractivity contribution in [2.24, 2.45) is 0 Å². The maximum Gasteiger partial charge on any atom is 0.276 e. The molecule has 112 valence electrons. The summed E-state index contributed by atoms with van der Waals surface area (Å²) in [6, 6.07) is 8.51. The van der Waals surface area contributed by atoms with Crippen molar-refractivity contribution in [2.75, 3.05) is 26.3 Å². The van der Waals surface area contributed by atoms with E-state index in [-0.39, 0.29) is 32.0 Å². The zero-order valence-electron chi connectivity index (χ0n) is 11.2. The van der Waals surface area contributed by atoms with E-state index in [0.717, 1.165) is 0 Å². The molecule has 1 aromatic heterocycles. The number of nitrogens with zero attached hydrogens (tertiary/aromatic N) is 2. The van der Waals surface area contributed by atoms with Gasteiger partial charge in [-0.25, -0.2) is 0 Å². The second-order valence-electron chi connectivity index (χ2n) is 4.33. The van der Waals surface area contributed by atoms with Gasteiger partial charge >= 0.3 is 0 Å². The molecule has 0 bridgehead atoms. The van der Waals surface area contributed by atoms with Crippen LogP contribution >= 0.6 is 11.6 Å². The molecule has 0 radical (unpaired) electrons.